The average molecular weight is 514 g/mol. The first kappa shape index (κ1) is 25.2. The Kier molecular flexibility index (Phi) is 7.60. The molecule has 3 aliphatic rings. The molecule has 2 aliphatic heterocycles. The predicted molar refractivity (Wildman–Crippen MR) is 141 cm³/mol. The highest BCUT2D eigenvalue weighted by Crippen LogP contribution is 2.51. The molecule has 3 atom stereocenters. The van der Waals surface area contributed by atoms with E-state index < -0.39 is 0 Å². The number of methoxy groups -OCH3 is 2. The van der Waals surface area contributed by atoms with Crippen LogP contribution in [0.15, 0.2) is 42.5 Å². The third-order valence-electron chi connectivity index (χ3n) is 8.34. The average Bonchev–Trinajstić information content (AvgIpc) is 3.28. The summed E-state index contributed by atoms with van der Waals surface area (Å²) in [6, 6.07) is 14.4. The number of nitrogens with zero attached hydrogens (tertiary/aromatic N) is 1. The second-order valence-electron chi connectivity index (χ2n) is 10.2. The Balaban J connectivity index is 1.37. The van der Waals surface area contributed by atoms with Crippen molar-refractivity contribution in [1.29, 1.82) is 0 Å². The van der Waals surface area contributed by atoms with Gasteiger partial charge in [0.05, 0.1) is 14.2 Å². The van der Waals surface area contributed by atoms with E-state index in [9.17, 15) is 4.79 Å². The molecule has 2 aromatic carbocycles. The molecule has 7 nitrogen and oxygen atoms in total. The quantitative estimate of drug-likeness (QED) is 0.554. The number of amides is 2. The molecule has 0 radical (unpaired) electrons. The van der Waals surface area contributed by atoms with E-state index in [1.807, 2.05) is 18.2 Å². The number of halogens is 1. The largest absolute Gasteiger partial charge is 0.493 e. The highest BCUT2D eigenvalue weighted by molar-refractivity contribution is 6.30. The van der Waals surface area contributed by atoms with Gasteiger partial charge < -0.3 is 24.8 Å². The van der Waals surface area contributed by atoms with Gasteiger partial charge in [-0.05, 0) is 81.0 Å². The van der Waals surface area contributed by atoms with Crippen molar-refractivity contribution in [2.45, 2.75) is 62.1 Å². The fraction of sp³-hybridized carbons (Fsp3) is 0.536. The number of urea groups is 1. The minimum absolute atomic E-state index is 0.0272. The van der Waals surface area contributed by atoms with Gasteiger partial charge in [0.15, 0.2) is 11.5 Å². The fourth-order valence-electron chi connectivity index (χ4n) is 6.57. The van der Waals surface area contributed by atoms with E-state index in [4.69, 9.17) is 25.8 Å². The third kappa shape index (κ3) is 5.01. The van der Waals surface area contributed by atoms with Crippen LogP contribution in [0.2, 0.25) is 5.02 Å². The van der Waals surface area contributed by atoms with Crippen LogP contribution in [-0.4, -0.2) is 63.0 Å². The van der Waals surface area contributed by atoms with Crippen molar-refractivity contribution in [3.63, 3.8) is 0 Å². The lowest BCUT2D eigenvalue weighted by molar-refractivity contribution is 0.0143. The summed E-state index contributed by atoms with van der Waals surface area (Å²) in [5, 5.41) is 6.78. The number of rotatable bonds is 6. The summed E-state index contributed by atoms with van der Waals surface area (Å²) < 4.78 is 16.8. The monoisotopic (exact) mass is 513 g/mol. The fourth-order valence-corrected chi connectivity index (χ4v) is 6.76. The first-order valence-corrected chi connectivity index (χ1v) is 13.3. The highest BCUT2D eigenvalue weighted by Gasteiger charge is 2.53. The zero-order valence-electron chi connectivity index (χ0n) is 21.1. The molecule has 2 N–H and O–H groups in total. The van der Waals surface area contributed by atoms with Crippen molar-refractivity contribution in [3.8, 4) is 11.5 Å². The molecule has 8 heteroatoms. The van der Waals surface area contributed by atoms with Crippen LogP contribution < -0.4 is 20.1 Å². The summed E-state index contributed by atoms with van der Waals surface area (Å²) in [6.45, 7) is 2.70. The Hall–Kier alpha value is -2.48. The molecule has 3 unspecified atom stereocenters. The van der Waals surface area contributed by atoms with E-state index in [0.29, 0.717) is 22.8 Å². The standard InChI is InChI=1S/C28H36ClN3O4/c1-34-24-7-6-19(16-25(24)35-2)28-11-8-22(31-27(33)30-21-5-3-4-20(29)17-21)18-26(28)32(13-12-28)23-9-14-36-15-10-23/h3-7,16-17,22-23,26H,8-15,18H2,1-2H3,(H2,30,31,33). The summed E-state index contributed by atoms with van der Waals surface area (Å²) >= 11 is 6.08. The zero-order valence-corrected chi connectivity index (χ0v) is 21.9. The van der Waals surface area contributed by atoms with Gasteiger partial charge in [0.25, 0.3) is 0 Å². The number of likely N-dealkylation sites (tertiary alicyclic amines) is 1. The predicted octanol–water partition coefficient (Wildman–Crippen LogP) is 5.22. The molecule has 3 fully saturated rings. The Morgan fingerprint density at radius 2 is 1.86 bits per heavy atom. The number of hydrogen-bond donors (Lipinski definition) is 2. The zero-order chi connectivity index (χ0) is 25.1. The normalized spacial score (nSPS) is 26.8. The number of carbonyl (C=O) groups excluding carboxylic acids is 1. The molecular weight excluding hydrogens is 478 g/mol. The van der Waals surface area contributed by atoms with Crippen molar-refractivity contribution in [3.05, 3.63) is 53.1 Å². The first-order chi connectivity index (χ1) is 17.5. The van der Waals surface area contributed by atoms with Crippen LogP contribution in [0.1, 0.15) is 44.1 Å². The van der Waals surface area contributed by atoms with Gasteiger partial charge in [-0.3, -0.25) is 4.90 Å². The molecule has 1 aliphatic carbocycles. The van der Waals surface area contributed by atoms with Crippen molar-refractivity contribution in [2.24, 2.45) is 0 Å². The molecular formula is C28H36ClN3O4. The van der Waals surface area contributed by atoms with Gasteiger partial charge in [0.2, 0.25) is 0 Å². The summed E-state index contributed by atoms with van der Waals surface area (Å²) in [5.41, 5.74) is 2.03. The Bertz CT molecular complexity index is 1080. The van der Waals surface area contributed by atoms with Gasteiger partial charge in [-0.25, -0.2) is 4.79 Å². The Morgan fingerprint density at radius 1 is 1.06 bits per heavy atom. The van der Waals surface area contributed by atoms with Crippen LogP contribution in [0.25, 0.3) is 0 Å². The Labute approximate surface area is 218 Å². The van der Waals surface area contributed by atoms with E-state index in [0.717, 1.165) is 69.8 Å². The molecule has 36 heavy (non-hydrogen) atoms. The van der Waals surface area contributed by atoms with Gasteiger partial charge >= 0.3 is 6.03 Å². The minimum Gasteiger partial charge on any atom is -0.493 e. The molecule has 2 heterocycles. The number of hydrogen-bond acceptors (Lipinski definition) is 5. The van der Waals surface area contributed by atoms with Crippen LogP contribution in [-0.2, 0) is 10.2 Å². The molecule has 2 amide bonds. The highest BCUT2D eigenvalue weighted by atomic mass is 35.5. The van der Waals surface area contributed by atoms with Crippen LogP contribution >= 0.6 is 11.6 Å². The molecule has 2 saturated heterocycles. The second-order valence-corrected chi connectivity index (χ2v) is 10.6. The van der Waals surface area contributed by atoms with E-state index in [-0.39, 0.29) is 17.5 Å². The van der Waals surface area contributed by atoms with Crippen LogP contribution in [0.4, 0.5) is 10.5 Å². The molecule has 2 aromatic rings. The molecule has 194 valence electrons. The second kappa shape index (κ2) is 10.9. The maximum atomic E-state index is 12.8. The summed E-state index contributed by atoms with van der Waals surface area (Å²) in [6.07, 6.45) is 6.07. The molecule has 0 spiro atoms. The number of fused-ring (bicyclic) bond motifs is 1. The summed E-state index contributed by atoms with van der Waals surface area (Å²) in [7, 11) is 3.37. The van der Waals surface area contributed by atoms with Crippen LogP contribution in [0, 0.1) is 0 Å². The topological polar surface area (TPSA) is 72.1 Å². The number of ether oxygens (including phenoxy) is 3. The van der Waals surface area contributed by atoms with Gasteiger partial charge in [-0.2, -0.15) is 0 Å². The number of carbonyl (C=O) groups is 1. The van der Waals surface area contributed by atoms with Gasteiger partial charge in [-0.1, -0.05) is 23.7 Å². The van der Waals surface area contributed by atoms with Crippen LogP contribution in [0.5, 0.6) is 11.5 Å². The van der Waals surface area contributed by atoms with E-state index >= 15 is 0 Å². The molecule has 0 bridgehead atoms. The summed E-state index contributed by atoms with van der Waals surface area (Å²) in [5.74, 6) is 1.52. The number of benzene rings is 2. The lowest BCUT2D eigenvalue weighted by Crippen LogP contribution is -2.55. The van der Waals surface area contributed by atoms with Gasteiger partial charge in [-0.15, -0.1) is 0 Å². The van der Waals surface area contributed by atoms with E-state index in [2.05, 4.69) is 27.7 Å². The number of nitrogens with one attached hydrogen (secondary N) is 2. The summed E-state index contributed by atoms with van der Waals surface area (Å²) in [4.78, 5) is 15.6. The van der Waals surface area contributed by atoms with E-state index in [1.165, 1.54) is 5.56 Å². The molecule has 1 saturated carbocycles. The molecule has 0 aromatic heterocycles. The van der Waals surface area contributed by atoms with Crippen molar-refractivity contribution < 1.29 is 19.0 Å². The minimum atomic E-state index is -0.184. The van der Waals surface area contributed by atoms with Crippen LogP contribution in [0.3, 0.4) is 0 Å². The lowest BCUT2D eigenvalue weighted by atomic mass is 9.65. The van der Waals surface area contributed by atoms with E-state index in [1.54, 1.807) is 26.4 Å². The lowest BCUT2D eigenvalue weighted by Gasteiger charge is -2.47. The van der Waals surface area contributed by atoms with Crippen molar-refractivity contribution in [1.82, 2.24) is 10.2 Å². The molecule has 5 rings (SSSR count). The maximum Gasteiger partial charge on any atom is 0.319 e. The Morgan fingerprint density at radius 3 is 2.61 bits per heavy atom. The first-order valence-electron chi connectivity index (χ1n) is 12.9. The smallest absolute Gasteiger partial charge is 0.319 e. The third-order valence-corrected chi connectivity index (χ3v) is 8.57. The maximum absolute atomic E-state index is 12.8. The number of anilines is 1. The van der Waals surface area contributed by atoms with Gasteiger partial charge in [0, 0.05) is 47.5 Å². The SMILES string of the molecule is COc1ccc(C23CCC(NC(=O)Nc4cccc(Cl)c4)CC2N(C2CCOCC2)CC3)cc1OC. The van der Waals surface area contributed by atoms with Crippen molar-refractivity contribution in [2.75, 3.05) is 39.3 Å². The van der Waals surface area contributed by atoms with Gasteiger partial charge in [0.1, 0.15) is 0 Å². The van der Waals surface area contributed by atoms with Crippen molar-refractivity contribution >= 4 is 23.3 Å².